The molecule has 2 aromatic rings. The van der Waals surface area contributed by atoms with Crippen LogP contribution in [0.1, 0.15) is 24.3 Å². The van der Waals surface area contributed by atoms with Crippen LogP contribution in [-0.4, -0.2) is 27.9 Å². The second-order valence-electron chi connectivity index (χ2n) is 4.64. The largest absolute Gasteiger partial charge is 0.353 e. The summed E-state index contributed by atoms with van der Waals surface area (Å²) in [7, 11) is 0. The number of fused-ring (bicyclic) bond motifs is 1. The molecule has 98 valence electrons. The smallest absolute Gasteiger partial charge is 0.141 e. The molecule has 0 aliphatic heterocycles. The van der Waals surface area contributed by atoms with E-state index in [9.17, 15) is 0 Å². The summed E-state index contributed by atoms with van der Waals surface area (Å²) in [6, 6.07) is 0.431. The topological polar surface area (TPSA) is 29.0 Å². The molecule has 5 heteroatoms. The predicted molar refractivity (Wildman–Crippen MR) is 83.2 cm³/mol. The Morgan fingerprint density at radius 1 is 1.33 bits per heavy atom. The van der Waals surface area contributed by atoms with Gasteiger partial charge in [0, 0.05) is 22.8 Å². The monoisotopic (exact) mass is 327 g/mol. The van der Waals surface area contributed by atoms with Crippen molar-refractivity contribution in [3.05, 3.63) is 16.8 Å². The van der Waals surface area contributed by atoms with E-state index in [1.54, 1.807) is 17.7 Å². The van der Waals surface area contributed by atoms with Crippen molar-refractivity contribution in [3.63, 3.8) is 0 Å². The lowest BCUT2D eigenvalue weighted by molar-refractivity contribution is 0.700. The normalized spacial score (nSPS) is 11.4. The zero-order valence-corrected chi connectivity index (χ0v) is 13.6. The van der Waals surface area contributed by atoms with Gasteiger partial charge in [-0.25, -0.2) is 9.97 Å². The second kappa shape index (κ2) is 5.53. The highest BCUT2D eigenvalue weighted by Crippen LogP contribution is 2.34. The third-order valence-corrected chi connectivity index (χ3v) is 4.64. The van der Waals surface area contributed by atoms with Crippen molar-refractivity contribution >= 4 is 43.3 Å². The van der Waals surface area contributed by atoms with E-state index in [0.29, 0.717) is 6.04 Å². The van der Waals surface area contributed by atoms with E-state index in [1.165, 1.54) is 15.8 Å². The number of aryl methyl sites for hydroxylation is 2. The van der Waals surface area contributed by atoms with Crippen LogP contribution >= 0.6 is 27.3 Å². The maximum atomic E-state index is 4.52. The highest BCUT2D eigenvalue weighted by Gasteiger charge is 2.18. The number of nitrogens with zero attached hydrogens (tertiary/aromatic N) is 3. The average molecular weight is 328 g/mol. The van der Waals surface area contributed by atoms with Gasteiger partial charge in [-0.05, 0) is 33.3 Å². The fourth-order valence-electron chi connectivity index (χ4n) is 2.08. The van der Waals surface area contributed by atoms with Gasteiger partial charge in [0.05, 0.1) is 5.39 Å². The first kappa shape index (κ1) is 13.7. The number of aromatic nitrogens is 2. The summed E-state index contributed by atoms with van der Waals surface area (Å²) in [5.74, 6) is 1.07. The van der Waals surface area contributed by atoms with Crippen LogP contribution in [0.3, 0.4) is 0 Å². The zero-order valence-electron chi connectivity index (χ0n) is 11.2. The lowest BCUT2D eigenvalue weighted by Gasteiger charge is -2.27. The highest BCUT2D eigenvalue weighted by atomic mass is 79.9. The molecule has 2 heterocycles. The van der Waals surface area contributed by atoms with E-state index in [4.69, 9.17) is 0 Å². The number of rotatable bonds is 4. The molecule has 0 atom stereocenters. The molecule has 0 radical (unpaired) electrons. The van der Waals surface area contributed by atoms with Crippen molar-refractivity contribution in [3.8, 4) is 0 Å². The number of hydrogen-bond acceptors (Lipinski definition) is 4. The third kappa shape index (κ3) is 2.38. The average Bonchev–Trinajstić information content (AvgIpc) is 2.62. The first-order valence-electron chi connectivity index (χ1n) is 6.09. The molecule has 0 saturated heterocycles. The van der Waals surface area contributed by atoms with Crippen LogP contribution < -0.4 is 4.90 Å². The summed E-state index contributed by atoms with van der Waals surface area (Å²) in [5, 5.41) is 2.16. The molecule has 18 heavy (non-hydrogen) atoms. The van der Waals surface area contributed by atoms with Gasteiger partial charge in [-0.2, -0.15) is 0 Å². The van der Waals surface area contributed by atoms with Crippen LogP contribution in [0.5, 0.6) is 0 Å². The van der Waals surface area contributed by atoms with E-state index >= 15 is 0 Å². The van der Waals surface area contributed by atoms with Crippen molar-refractivity contribution in [2.75, 3.05) is 16.8 Å². The van der Waals surface area contributed by atoms with E-state index in [2.05, 4.69) is 58.5 Å². The minimum atomic E-state index is 0.431. The van der Waals surface area contributed by atoms with Gasteiger partial charge >= 0.3 is 0 Å². The van der Waals surface area contributed by atoms with Gasteiger partial charge in [0.25, 0.3) is 0 Å². The maximum Gasteiger partial charge on any atom is 0.141 e. The lowest BCUT2D eigenvalue weighted by atomic mass is 10.2. The van der Waals surface area contributed by atoms with Crippen molar-refractivity contribution in [2.24, 2.45) is 0 Å². The molecule has 0 aliphatic rings. The van der Waals surface area contributed by atoms with E-state index in [1.807, 2.05) is 0 Å². The fraction of sp³-hybridized carbons (Fsp3) is 0.538. The van der Waals surface area contributed by atoms with Crippen molar-refractivity contribution in [2.45, 2.75) is 33.7 Å². The van der Waals surface area contributed by atoms with Gasteiger partial charge in [0.1, 0.15) is 17.0 Å². The molecule has 0 aliphatic carbocycles. The molecule has 0 aromatic carbocycles. The van der Waals surface area contributed by atoms with E-state index < -0.39 is 0 Å². The summed E-state index contributed by atoms with van der Waals surface area (Å²) in [4.78, 5) is 13.7. The molecule has 3 nitrogen and oxygen atoms in total. The number of alkyl halides is 1. The number of thiophene rings is 1. The van der Waals surface area contributed by atoms with Crippen molar-refractivity contribution in [1.29, 1.82) is 0 Å². The summed E-state index contributed by atoms with van der Waals surface area (Å²) in [6.07, 6.45) is 1.68. The Hall–Kier alpha value is -0.680. The predicted octanol–water partition coefficient (Wildman–Crippen LogP) is 3.92. The van der Waals surface area contributed by atoms with E-state index in [-0.39, 0.29) is 0 Å². The number of anilines is 1. The van der Waals surface area contributed by atoms with Gasteiger partial charge in [-0.1, -0.05) is 15.9 Å². The van der Waals surface area contributed by atoms with Crippen LogP contribution in [-0.2, 0) is 0 Å². The third-order valence-electron chi connectivity index (χ3n) is 3.17. The Labute approximate surface area is 120 Å². The Kier molecular flexibility index (Phi) is 4.22. The summed E-state index contributed by atoms with van der Waals surface area (Å²) >= 11 is 5.27. The number of halogens is 1. The summed E-state index contributed by atoms with van der Waals surface area (Å²) in [5.41, 5.74) is 1.31. The quantitative estimate of drug-likeness (QED) is 0.797. The van der Waals surface area contributed by atoms with Crippen LogP contribution in [0.4, 0.5) is 5.82 Å². The molecule has 2 aromatic heterocycles. The molecule has 0 amide bonds. The maximum absolute atomic E-state index is 4.52. The Bertz CT molecular complexity index is 550. The van der Waals surface area contributed by atoms with Gasteiger partial charge in [-0.3, -0.25) is 0 Å². The van der Waals surface area contributed by atoms with Crippen LogP contribution in [0, 0.1) is 13.8 Å². The summed E-state index contributed by atoms with van der Waals surface area (Å²) in [6.45, 7) is 9.66. The SMILES string of the molecule is Cc1sc2ncnc(N(CCBr)C(C)C)c2c1C. The fourth-order valence-corrected chi connectivity index (χ4v) is 3.45. The second-order valence-corrected chi connectivity index (χ2v) is 6.63. The van der Waals surface area contributed by atoms with Gasteiger partial charge < -0.3 is 4.90 Å². The van der Waals surface area contributed by atoms with Crippen molar-refractivity contribution < 1.29 is 0 Å². The molecule has 0 fully saturated rings. The Morgan fingerprint density at radius 3 is 2.67 bits per heavy atom. The minimum absolute atomic E-state index is 0.431. The molecular formula is C13H18BrN3S. The Morgan fingerprint density at radius 2 is 2.06 bits per heavy atom. The van der Waals surface area contributed by atoms with Crippen LogP contribution in [0.2, 0.25) is 0 Å². The molecule has 0 unspecified atom stereocenters. The minimum Gasteiger partial charge on any atom is -0.353 e. The summed E-state index contributed by atoms with van der Waals surface area (Å²) < 4.78 is 0. The van der Waals surface area contributed by atoms with Gasteiger partial charge in [-0.15, -0.1) is 11.3 Å². The molecule has 0 spiro atoms. The first-order chi connectivity index (χ1) is 8.56. The highest BCUT2D eigenvalue weighted by molar-refractivity contribution is 9.09. The van der Waals surface area contributed by atoms with Crippen LogP contribution in [0.15, 0.2) is 6.33 Å². The molecular weight excluding hydrogens is 310 g/mol. The standard InChI is InChI=1S/C13H18BrN3S/c1-8(2)17(6-5-14)12-11-9(3)10(4)18-13(11)16-7-15-12/h7-8H,5-6H2,1-4H3. The van der Waals surface area contributed by atoms with Crippen molar-refractivity contribution in [1.82, 2.24) is 9.97 Å². The van der Waals surface area contributed by atoms with E-state index in [0.717, 1.165) is 22.5 Å². The molecule has 0 bridgehead atoms. The molecule has 2 rings (SSSR count). The number of hydrogen-bond donors (Lipinski definition) is 0. The molecule has 0 saturated carbocycles. The van der Waals surface area contributed by atoms with Gasteiger partial charge in [0.2, 0.25) is 0 Å². The Balaban J connectivity index is 2.61. The zero-order chi connectivity index (χ0) is 13.3. The lowest BCUT2D eigenvalue weighted by Crippen LogP contribution is -2.33. The molecule has 0 N–H and O–H groups in total. The van der Waals surface area contributed by atoms with Gasteiger partial charge in [0.15, 0.2) is 0 Å². The van der Waals surface area contributed by atoms with Crippen LogP contribution in [0.25, 0.3) is 10.2 Å². The first-order valence-corrected chi connectivity index (χ1v) is 8.03.